The maximum atomic E-state index is 12.1. The zero-order chi connectivity index (χ0) is 14.7. The van der Waals surface area contributed by atoms with Crippen LogP contribution in [-0.4, -0.2) is 23.6 Å². The Balaban J connectivity index is 2.08. The van der Waals surface area contributed by atoms with Crippen molar-refractivity contribution in [1.29, 1.82) is 0 Å². The first-order valence-corrected chi connectivity index (χ1v) is 6.69. The van der Waals surface area contributed by atoms with E-state index in [4.69, 9.17) is 0 Å². The van der Waals surface area contributed by atoms with E-state index in [9.17, 15) is 14.4 Å². The number of ketones is 1. The van der Waals surface area contributed by atoms with Crippen LogP contribution in [0.5, 0.6) is 0 Å². The first-order valence-electron chi connectivity index (χ1n) is 6.69. The second kappa shape index (κ2) is 5.86. The van der Waals surface area contributed by atoms with Crippen LogP contribution in [0, 0.1) is 0 Å². The van der Waals surface area contributed by atoms with Gasteiger partial charge in [0, 0.05) is 30.1 Å². The molecule has 20 heavy (non-hydrogen) atoms. The number of carbonyl (C=O) groups is 3. The molecule has 2 rings (SSSR count). The van der Waals surface area contributed by atoms with Gasteiger partial charge < -0.3 is 10.6 Å². The van der Waals surface area contributed by atoms with Gasteiger partial charge >= 0.3 is 0 Å². The van der Waals surface area contributed by atoms with Gasteiger partial charge in [0.15, 0.2) is 0 Å². The minimum Gasteiger partial charge on any atom is -0.349 e. The Hall–Kier alpha value is -2.17. The van der Waals surface area contributed by atoms with Crippen LogP contribution in [0.3, 0.4) is 0 Å². The van der Waals surface area contributed by atoms with Crippen LogP contribution in [0.25, 0.3) is 0 Å². The van der Waals surface area contributed by atoms with Gasteiger partial charge in [0.2, 0.25) is 5.91 Å². The largest absolute Gasteiger partial charge is 0.349 e. The van der Waals surface area contributed by atoms with Crippen molar-refractivity contribution in [1.82, 2.24) is 5.32 Å². The van der Waals surface area contributed by atoms with Crippen LogP contribution in [-0.2, 0) is 16.0 Å². The van der Waals surface area contributed by atoms with E-state index >= 15 is 0 Å². The van der Waals surface area contributed by atoms with E-state index in [0.29, 0.717) is 24.8 Å². The molecule has 0 radical (unpaired) electrons. The number of Topliss-reactive ketones (excluding diaryl/α,β-unsaturated/α-hetero) is 1. The number of fused-ring (bicyclic) bond motifs is 1. The summed E-state index contributed by atoms with van der Waals surface area (Å²) in [5.41, 5.74) is 2.29. The maximum Gasteiger partial charge on any atom is 0.251 e. The van der Waals surface area contributed by atoms with Crippen molar-refractivity contribution in [2.45, 2.75) is 39.2 Å². The van der Waals surface area contributed by atoms with Gasteiger partial charge in [0.1, 0.15) is 5.78 Å². The molecule has 0 saturated heterocycles. The molecule has 0 aliphatic carbocycles. The van der Waals surface area contributed by atoms with Crippen molar-refractivity contribution in [3.8, 4) is 0 Å². The molecule has 1 unspecified atom stereocenters. The lowest BCUT2D eigenvalue weighted by atomic mass is 10.00. The van der Waals surface area contributed by atoms with Crippen molar-refractivity contribution in [3.63, 3.8) is 0 Å². The van der Waals surface area contributed by atoms with Gasteiger partial charge in [-0.15, -0.1) is 0 Å². The standard InChI is InChI=1S/C15H18N2O3/c1-9(7-10(2)18)16-15(20)12-3-5-13-11(8-12)4-6-14(19)17-13/h3,5,8-9H,4,6-7H2,1-2H3,(H,16,20)(H,17,19). The minimum absolute atomic E-state index is 0.00443. The summed E-state index contributed by atoms with van der Waals surface area (Å²) in [6.07, 6.45) is 1.41. The average molecular weight is 274 g/mol. The van der Waals surface area contributed by atoms with E-state index in [1.54, 1.807) is 25.1 Å². The molecular weight excluding hydrogens is 256 g/mol. The van der Waals surface area contributed by atoms with Crippen molar-refractivity contribution < 1.29 is 14.4 Å². The predicted octanol–water partition coefficient (Wildman–Crippen LogP) is 1.67. The molecule has 0 spiro atoms. The van der Waals surface area contributed by atoms with Gasteiger partial charge in [-0.3, -0.25) is 14.4 Å². The van der Waals surface area contributed by atoms with E-state index in [2.05, 4.69) is 10.6 Å². The fourth-order valence-electron chi connectivity index (χ4n) is 2.31. The monoisotopic (exact) mass is 274 g/mol. The van der Waals surface area contributed by atoms with E-state index in [0.717, 1.165) is 11.3 Å². The molecule has 0 aromatic heterocycles. The minimum atomic E-state index is -0.196. The molecule has 2 amide bonds. The van der Waals surface area contributed by atoms with E-state index in [-0.39, 0.29) is 23.6 Å². The maximum absolute atomic E-state index is 12.1. The molecule has 1 aliphatic rings. The van der Waals surface area contributed by atoms with Gasteiger partial charge in [-0.2, -0.15) is 0 Å². The smallest absolute Gasteiger partial charge is 0.251 e. The Morgan fingerprint density at radius 3 is 2.80 bits per heavy atom. The molecule has 0 bridgehead atoms. The summed E-state index contributed by atoms with van der Waals surface area (Å²) < 4.78 is 0. The molecule has 1 aromatic rings. The van der Waals surface area contributed by atoms with Crippen LogP contribution < -0.4 is 10.6 Å². The second-order valence-corrected chi connectivity index (χ2v) is 5.20. The van der Waals surface area contributed by atoms with Crippen LogP contribution in [0.4, 0.5) is 5.69 Å². The Morgan fingerprint density at radius 1 is 1.35 bits per heavy atom. The number of amides is 2. The van der Waals surface area contributed by atoms with E-state index in [1.807, 2.05) is 0 Å². The highest BCUT2D eigenvalue weighted by Gasteiger charge is 2.17. The summed E-state index contributed by atoms with van der Waals surface area (Å²) in [4.78, 5) is 34.4. The zero-order valence-corrected chi connectivity index (χ0v) is 11.7. The zero-order valence-electron chi connectivity index (χ0n) is 11.7. The quantitative estimate of drug-likeness (QED) is 0.877. The highest BCUT2D eigenvalue weighted by Crippen LogP contribution is 2.23. The Kier molecular flexibility index (Phi) is 4.17. The van der Waals surface area contributed by atoms with Crippen molar-refractivity contribution in [2.75, 3.05) is 5.32 Å². The number of aryl methyl sites for hydroxylation is 1. The molecule has 106 valence electrons. The molecule has 0 saturated carbocycles. The predicted molar refractivity (Wildman–Crippen MR) is 75.6 cm³/mol. The van der Waals surface area contributed by atoms with Crippen LogP contribution in [0.1, 0.15) is 42.6 Å². The molecule has 1 aliphatic heterocycles. The number of hydrogen-bond donors (Lipinski definition) is 2. The SMILES string of the molecule is CC(=O)CC(C)NC(=O)c1ccc2c(c1)CCC(=O)N2. The summed E-state index contributed by atoms with van der Waals surface area (Å²) in [6, 6.07) is 5.04. The van der Waals surface area contributed by atoms with Crippen LogP contribution in [0.2, 0.25) is 0 Å². The summed E-state index contributed by atoms with van der Waals surface area (Å²) in [5.74, 6) is -0.144. The number of benzene rings is 1. The third kappa shape index (κ3) is 3.44. The van der Waals surface area contributed by atoms with Gasteiger partial charge in [-0.25, -0.2) is 0 Å². The van der Waals surface area contributed by atoms with E-state index < -0.39 is 0 Å². The lowest BCUT2D eigenvalue weighted by Crippen LogP contribution is -2.34. The average Bonchev–Trinajstić information content (AvgIpc) is 2.36. The van der Waals surface area contributed by atoms with Gasteiger partial charge in [0.25, 0.3) is 5.91 Å². The summed E-state index contributed by atoms with van der Waals surface area (Å²) in [6.45, 7) is 3.31. The molecule has 0 fully saturated rings. The van der Waals surface area contributed by atoms with Crippen molar-refractivity contribution in [3.05, 3.63) is 29.3 Å². The fraction of sp³-hybridized carbons (Fsp3) is 0.400. The first kappa shape index (κ1) is 14.2. The number of carbonyl (C=O) groups excluding carboxylic acids is 3. The van der Waals surface area contributed by atoms with Gasteiger partial charge in [0.05, 0.1) is 0 Å². The Bertz CT molecular complexity index is 566. The fourth-order valence-corrected chi connectivity index (χ4v) is 2.31. The first-order chi connectivity index (χ1) is 9.45. The third-order valence-corrected chi connectivity index (χ3v) is 3.23. The summed E-state index contributed by atoms with van der Waals surface area (Å²) in [7, 11) is 0. The molecule has 5 nitrogen and oxygen atoms in total. The Labute approximate surface area is 117 Å². The second-order valence-electron chi connectivity index (χ2n) is 5.20. The van der Waals surface area contributed by atoms with Gasteiger partial charge in [-0.1, -0.05) is 0 Å². The molecule has 1 atom stereocenters. The highest BCUT2D eigenvalue weighted by molar-refractivity contribution is 5.98. The highest BCUT2D eigenvalue weighted by atomic mass is 16.2. The molecule has 5 heteroatoms. The number of anilines is 1. The third-order valence-electron chi connectivity index (χ3n) is 3.23. The normalized spacial score (nSPS) is 15.0. The topological polar surface area (TPSA) is 75.3 Å². The van der Waals surface area contributed by atoms with Crippen molar-refractivity contribution >= 4 is 23.3 Å². The van der Waals surface area contributed by atoms with E-state index in [1.165, 1.54) is 6.92 Å². The summed E-state index contributed by atoms with van der Waals surface area (Å²) >= 11 is 0. The molecular formula is C15H18N2O3. The van der Waals surface area contributed by atoms with Crippen molar-refractivity contribution in [2.24, 2.45) is 0 Å². The Morgan fingerprint density at radius 2 is 2.10 bits per heavy atom. The van der Waals surface area contributed by atoms with Crippen LogP contribution in [0.15, 0.2) is 18.2 Å². The number of nitrogens with one attached hydrogen (secondary N) is 2. The molecule has 2 N–H and O–H groups in total. The number of hydrogen-bond acceptors (Lipinski definition) is 3. The lowest BCUT2D eigenvalue weighted by molar-refractivity contribution is -0.117. The van der Waals surface area contributed by atoms with Gasteiger partial charge in [-0.05, 0) is 44.0 Å². The lowest BCUT2D eigenvalue weighted by Gasteiger charge is -2.18. The molecule has 1 heterocycles. The van der Waals surface area contributed by atoms with Crippen LogP contribution >= 0.6 is 0 Å². The number of rotatable bonds is 4. The summed E-state index contributed by atoms with van der Waals surface area (Å²) in [5, 5.41) is 5.57. The molecule has 1 aromatic carbocycles.